The predicted molar refractivity (Wildman–Crippen MR) is 97.4 cm³/mol. The second-order valence-corrected chi connectivity index (χ2v) is 5.66. The SMILES string of the molecule is CN(Cc1ccncc1)C(=O)Nc1ccc(-n2ncc(C#N)c2N)cc1. The lowest BCUT2D eigenvalue weighted by atomic mass is 10.2. The Hall–Kier alpha value is -3.86. The number of amides is 2. The van der Waals surface area contributed by atoms with Crippen LogP contribution < -0.4 is 11.1 Å². The van der Waals surface area contributed by atoms with E-state index >= 15 is 0 Å². The summed E-state index contributed by atoms with van der Waals surface area (Å²) in [6.45, 7) is 0.479. The van der Waals surface area contributed by atoms with Crippen molar-refractivity contribution >= 4 is 17.5 Å². The van der Waals surface area contributed by atoms with E-state index in [0.29, 0.717) is 23.5 Å². The number of nitrogen functional groups attached to an aromatic ring is 1. The van der Waals surface area contributed by atoms with E-state index in [1.807, 2.05) is 18.2 Å². The van der Waals surface area contributed by atoms with E-state index in [1.165, 1.54) is 10.9 Å². The average Bonchev–Trinajstić information content (AvgIpc) is 3.03. The molecule has 3 N–H and O–H groups in total. The Morgan fingerprint density at radius 1 is 1.27 bits per heavy atom. The molecule has 8 nitrogen and oxygen atoms in total. The van der Waals surface area contributed by atoms with E-state index in [2.05, 4.69) is 15.4 Å². The van der Waals surface area contributed by atoms with Crippen LogP contribution in [0.25, 0.3) is 5.69 Å². The Balaban J connectivity index is 1.66. The topological polar surface area (TPSA) is 113 Å². The minimum Gasteiger partial charge on any atom is -0.382 e. The standard InChI is InChI=1S/C18H17N7O/c1-24(12-13-6-8-21-9-7-13)18(26)23-15-2-4-16(5-3-15)25-17(20)14(10-19)11-22-25/h2-9,11H,12,20H2,1H3,(H,23,26). The number of hydrogen-bond donors (Lipinski definition) is 2. The van der Waals surface area contributed by atoms with E-state index in [4.69, 9.17) is 11.0 Å². The molecule has 0 fully saturated rings. The summed E-state index contributed by atoms with van der Waals surface area (Å²) in [5, 5.41) is 15.9. The second-order valence-electron chi connectivity index (χ2n) is 5.66. The van der Waals surface area contributed by atoms with Crippen molar-refractivity contribution in [1.29, 1.82) is 5.26 Å². The fourth-order valence-corrected chi connectivity index (χ4v) is 2.39. The Bertz CT molecular complexity index is 942. The average molecular weight is 347 g/mol. The maximum absolute atomic E-state index is 12.3. The Morgan fingerprint density at radius 2 is 1.96 bits per heavy atom. The Morgan fingerprint density at radius 3 is 2.58 bits per heavy atom. The summed E-state index contributed by atoms with van der Waals surface area (Å²) in [6.07, 6.45) is 4.80. The molecule has 0 saturated heterocycles. The van der Waals surface area contributed by atoms with E-state index in [9.17, 15) is 4.79 Å². The van der Waals surface area contributed by atoms with E-state index in [-0.39, 0.29) is 11.8 Å². The molecular weight excluding hydrogens is 330 g/mol. The van der Waals surface area contributed by atoms with Gasteiger partial charge in [0.15, 0.2) is 0 Å². The van der Waals surface area contributed by atoms with Gasteiger partial charge in [0.25, 0.3) is 0 Å². The van der Waals surface area contributed by atoms with Gasteiger partial charge in [0, 0.05) is 31.7 Å². The monoisotopic (exact) mass is 347 g/mol. The number of benzene rings is 1. The molecule has 0 aliphatic heterocycles. The van der Waals surface area contributed by atoms with E-state index in [1.54, 1.807) is 48.6 Å². The molecule has 2 aromatic heterocycles. The lowest BCUT2D eigenvalue weighted by Gasteiger charge is -2.18. The number of urea groups is 1. The van der Waals surface area contributed by atoms with Crippen LogP contribution in [0, 0.1) is 11.3 Å². The molecule has 0 bridgehead atoms. The van der Waals surface area contributed by atoms with Crippen LogP contribution in [-0.2, 0) is 6.54 Å². The molecule has 0 aliphatic carbocycles. The van der Waals surface area contributed by atoms with Crippen molar-refractivity contribution < 1.29 is 4.79 Å². The molecule has 26 heavy (non-hydrogen) atoms. The largest absolute Gasteiger partial charge is 0.382 e. The number of pyridine rings is 1. The maximum atomic E-state index is 12.3. The van der Waals surface area contributed by atoms with Gasteiger partial charge in [0.2, 0.25) is 0 Å². The van der Waals surface area contributed by atoms with Gasteiger partial charge in [-0.05, 0) is 42.0 Å². The van der Waals surface area contributed by atoms with Gasteiger partial charge in [-0.3, -0.25) is 4.98 Å². The molecule has 3 aromatic rings. The van der Waals surface area contributed by atoms with Crippen molar-refractivity contribution in [3.8, 4) is 11.8 Å². The first-order valence-electron chi connectivity index (χ1n) is 7.83. The zero-order chi connectivity index (χ0) is 18.5. The molecular formula is C18H17N7O. The van der Waals surface area contributed by atoms with Crippen LogP contribution >= 0.6 is 0 Å². The highest BCUT2D eigenvalue weighted by Gasteiger charge is 2.11. The molecule has 2 amide bonds. The fraction of sp³-hybridized carbons (Fsp3) is 0.111. The molecule has 3 rings (SSSR count). The van der Waals surface area contributed by atoms with Gasteiger partial charge in [0.1, 0.15) is 17.5 Å². The first kappa shape index (κ1) is 17.0. The highest BCUT2D eigenvalue weighted by atomic mass is 16.2. The van der Waals surface area contributed by atoms with Crippen LogP contribution in [0.3, 0.4) is 0 Å². The van der Waals surface area contributed by atoms with Crippen molar-refractivity contribution in [2.45, 2.75) is 6.54 Å². The number of hydrogen-bond acceptors (Lipinski definition) is 5. The Labute approximate surface area is 150 Å². The highest BCUT2D eigenvalue weighted by Crippen LogP contribution is 2.18. The van der Waals surface area contributed by atoms with Gasteiger partial charge >= 0.3 is 6.03 Å². The first-order valence-corrected chi connectivity index (χ1v) is 7.83. The van der Waals surface area contributed by atoms with Gasteiger partial charge in [-0.1, -0.05) is 0 Å². The van der Waals surface area contributed by atoms with Crippen LogP contribution in [0.5, 0.6) is 0 Å². The summed E-state index contributed by atoms with van der Waals surface area (Å²) < 4.78 is 1.47. The van der Waals surface area contributed by atoms with Gasteiger partial charge in [-0.15, -0.1) is 0 Å². The predicted octanol–water partition coefficient (Wildman–Crippen LogP) is 2.39. The van der Waals surface area contributed by atoms with Crippen molar-refractivity contribution in [2.24, 2.45) is 0 Å². The van der Waals surface area contributed by atoms with Gasteiger partial charge < -0.3 is 16.0 Å². The third kappa shape index (κ3) is 3.62. The van der Waals surface area contributed by atoms with Crippen LogP contribution in [-0.4, -0.2) is 32.7 Å². The number of anilines is 2. The highest BCUT2D eigenvalue weighted by molar-refractivity contribution is 5.89. The lowest BCUT2D eigenvalue weighted by Crippen LogP contribution is -2.30. The molecule has 0 saturated carbocycles. The number of nitriles is 1. The van der Waals surface area contributed by atoms with Crippen LogP contribution in [0.15, 0.2) is 55.0 Å². The molecule has 0 aliphatic rings. The third-order valence-corrected chi connectivity index (χ3v) is 3.81. The number of carbonyl (C=O) groups excluding carboxylic acids is 1. The molecule has 8 heteroatoms. The van der Waals surface area contributed by atoms with Crippen molar-refractivity contribution in [1.82, 2.24) is 19.7 Å². The normalized spacial score (nSPS) is 10.2. The molecule has 0 radical (unpaired) electrons. The smallest absolute Gasteiger partial charge is 0.321 e. The minimum absolute atomic E-state index is 0.222. The summed E-state index contributed by atoms with van der Waals surface area (Å²) in [5.41, 5.74) is 8.54. The summed E-state index contributed by atoms with van der Waals surface area (Å²) in [6, 6.07) is 12.5. The lowest BCUT2D eigenvalue weighted by molar-refractivity contribution is 0.220. The summed E-state index contributed by atoms with van der Waals surface area (Å²) in [7, 11) is 1.72. The maximum Gasteiger partial charge on any atom is 0.321 e. The first-order chi connectivity index (χ1) is 12.6. The molecule has 0 spiro atoms. The summed E-state index contributed by atoms with van der Waals surface area (Å²) in [5.74, 6) is 0.279. The van der Waals surface area contributed by atoms with Crippen molar-refractivity contribution in [2.75, 3.05) is 18.1 Å². The zero-order valence-corrected chi connectivity index (χ0v) is 14.1. The number of nitrogens with zero attached hydrogens (tertiary/aromatic N) is 5. The fourth-order valence-electron chi connectivity index (χ4n) is 2.39. The quantitative estimate of drug-likeness (QED) is 0.752. The number of carbonyl (C=O) groups is 1. The van der Waals surface area contributed by atoms with Crippen LogP contribution in [0.1, 0.15) is 11.1 Å². The summed E-state index contributed by atoms with van der Waals surface area (Å²) in [4.78, 5) is 17.8. The summed E-state index contributed by atoms with van der Waals surface area (Å²) >= 11 is 0. The van der Waals surface area contributed by atoms with E-state index < -0.39 is 0 Å². The third-order valence-electron chi connectivity index (χ3n) is 3.81. The molecule has 0 atom stereocenters. The number of nitrogens with two attached hydrogens (primary N) is 1. The van der Waals surface area contributed by atoms with Gasteiger partial charge in [-0.2, -0.15) is 10.4 Å². The molecule has 0 unspecified atom stereocenters. The number of nitrogens with one attached hydrogen (secondary N) is 1. The van der Waals surface area contributed by atoms with Crippen molar-refractivity contribution in [3.63, 3.8) is 0 Å². The van der Waals surface area contributed by atoms with Crippen LogP contribution in [0.2, 0.25) is 0 Å². The minimum atomic E-state index is -0.222. The number of rotatable bonds is 4. The number of aromatic nitrogens is 3. The van der Waals surface area contributed by atoms with Gasteiger partial charge in [-0.25, -0.2) is 9.48 Å². The second kappa shape index (κ2) is 7.36. The molecule has 2 heterocycles. The van der Waals surface area contributed by atoms with E-state index in [0.717, 1.165) is 5.56 Å². The van der Waals surface area contributed by atoms with Gasteiger partial charge in [0.05, 0.1) is 11.9 Å². The zero-order valence-electron chi connectivity index (χ0n) is 14.1. The van der Waals surface area contributed by atoms with Crippen LogP contribution in [0.4, 0.5) is 16.3 Å². The van der Waals surface area contributed by atoms with Crippen molar-refractivity contribution in [3.05, 3.63) is 66.1 Å². The Kier molecular flexibility index (Phi) is 4.80. The molecule has 130 valence electrons. The molecule has 1 aromatic carbocycles.